The minimum atomic E-state index is 0.00340. The lowest BCUT2D eigenvalue weighted by Crippen LogP contribution is -2.19. The Balaban J connectivity index is 2.81. The van der Waals surface area contributed by atoms with Crippen LogP contribution in [0.4, 0.5) is 0 Å². The van der Waals surface area contributed by atoms with Gasteiger partial charge in [-0.1, -0.05) is 0 Å². The lowest BCUT2D eigenvalue weighted by molar-refractivity contribution is 0.824. The van der Waals surface area contributed by atoms with Crippen molar-refractivity contribution in [3.8, 4) is 5.69 Å². The van der Waals surface area contributed by atoms with E-state index < -0.39 is 0 Å². The van der Waals surface area contributed by atoms with Gasteiger partial charge in [-0.25, -0.2) is 4.68 Å². The van der Waals surface area contributed by atoms with Crippen LogP contribution in [0.5, 0.6) is 0 Å². The molecule has 5 nitrogen and oxygen atoms in total. The molecule has 0 saturated heterocycles. The second-order valence-electron chi connectivity index (χ2n) is 4.55. The second-order valence-corrected chi connectivity index (χ2v) is 5.35. The molecule has 0 unspecified atom stereocenters. The molecule has 0 saturated carbocycles. The first kappa shape index (κ1) is 13.7. The Kier molecular flexibility index (Phi) is 3.45. The number of aromatic nitrogens is 3. The predicted octanol–water partition coefficient (Wildman–Crippen LogP) is 2.55. The van der Waals surface area contributed by atoms with Crippen LogP contribution in [0.15, 0.2) is 10.5 Å². The van der Waals surface area contributed by atoms with E-state index in [1.165, 1.54) is 0 Å². The molecule has 100 valence electrons. The molecule has 2 rings (SSSR count). The summed E-state index contributed by atoms with van der Waals surface area (Å²) in [5, 5.41) is 12.2. The van der Waals surface area contributed by atoms with Gasteiger partial charge in [0.1, 0.15) is 5.84 Å². The molecule has 0 aliphatic carbocycles. The van der Waals surface area contributed by atoms with E-state index in [0.717, 1.165) is 32.9 Å². The second kappa shape index (κ2) is 4.77. The quantitative estimate of drug-likeness (QED) is 0.658. The molecule has 0 fully saturated rings. The van der Waals surface area contributed by atoms with Gasteiger partial charge >= 0.3 is 0 Å². The van der Waals surface area contributed by atoms with E-state index in [4.69, 9.17) is 11.1 Å². The van der Waals surface area contributed by atoms with Crippen molar-refractivity contribution >= 4 is 21.8 Å². The van der Waals surface area contributed by atoms with E-state index >= 15 is 0 Å². The molecule has 0 amide bonds. The lowest BCUT2D eigenvalue weighted by Gasteiger charge is -2.13. The van der Waals surface area contributed by atoms with Crippen molar-refractivity contribution in [3.63, 3.8) is 0 Å². The van der Waals surface area contributed by atoms with E-state index in [0.29, 0.717) is 5.56 Å². The Morgan fingerprint density at radius 2 is 1.89 bits per heavy atom. The Morgan fingerprint density at radius 3 is 2.37 bits per heavy atom. The maximum absolute atomic E-state index is 7.75. The molecule has 3 N–H and O–H groups in total. The van der Waals surface area contributed by atoms with E-state index in [9.17, 15) is 0 Å². The van der Waals surface area contributed by atoms with Crippen molar-refractivity contribution in [2.75, 3.05) is 0 Å². The van der Waals surface area contributed by atoms with Crippen molar-refractivity contribution in [1.82, 2.24) is 14.8 Å². The van der Waals surface area contributed by atoms with E-state index in [2.05, 4.69) is 26.0 Å². The topological polar surface area (TPSA) is 80.6 Å². The fraction of sp³-hybridized carbons (Fsp3) is 0.308. The minimum absolute atomic E-state index is 0.00340. The van der Waals surface area contributed by atoms with Crippen LogP contribution in [0, 0.1) is 33.1 Å². The third kappa shape index (κ3) is 2.28. The molecule has 0 spiro atoms. The summed E-state index contributed by atoms with van der Waals surface area (Å²) in [4.78, 5) is 4.37. The first-order valence-electron chi connectivity index (χ1n) is 5.87. The van der Waals surface area contributed by atoms with Gasteiger partial charge in [0, 0.05) is 5.69 Å². The van der Waals surface area contributed by atoms with Gasteiger partial charge in [0.15, 0.2) is 0 Å². The molecule has 0 bridgehead atoms. The predicted molar refractivity (Wildman–Crippen MR) is 79.0 cm³/mol. The highest BCUT2D eigenvalue weighted by atomic mass is 79.9. The standard InChI is InChI=1S/C13H16BrN5/c1-6-5-10(11(13(15)16)7(2)17-6)19-9(4)12(14)8(3)18-19/h5H,1-4H3,(H3,15,16). The number of nitrogens with two attached hydrogens (primary N) is 1. The van der Waals surface area contributed by atoms with Crippen molar-refractivity contribution in [2.45, 2.75) is 27.7 Å². The number of nitrogens with zero attached hydrogens (tertiary/aromatic N) is 3. The Labute approximate surface area is 120 Å². The molecule has 2 heterocycles. The summed E-state index contributed by atoms with van der Waals surface area (Å²) in [7, 11) is 0. The third-order valence-corrected chi connectivity index (χ3v) is 4.16. The molecule has 0 aliphatic rings. The smallest absolute Gasteiger partial charge is 0.126 e. The summed E-state index contributed by atoms with van der Waals surface area (Å²) in [6, 6.07) is 1.90. The molecule has 6 heteroatoms. The maximum atomic E-state index is 7.75. The Bertz CT molecular complexity index is 672. The monoisotopic (exact) mass is 321 g/mol. The van der Waals surface area contributed by atoms with Gasteiger partial charge in [-0.05, 0) is 49.7 Å². The normalized spacial score (nSPS) is 10.8. The fourth-order valence-corrected chi connectivity index (χ4v) is 2.41. The third-order valence-electron chi connectivity index (χ3n) is 3.01. The average molecular weight is 322 g/mol. The number of nitrogens with one attached hydrogen (secondary N) is 1. The van der Waals surface area contributed by atoms with Crippen molar-refractivity contribution < 1.29 is 0 Å². The van der Waals surface area contributed by atoms with Crippen LogP contribution >= 0.6 is 15.9 Å². The van der Waals surface area contributed by atoms with Crippen LogP contribution in [0.2, 0.25) is 0 Å². The summed E-state index contributed by atoms with van der Waals surface area (Å²) in [5.74, 6) is 0.00340. The van der Waals surface area contributed by atoms with Gasteiger partial charge in [0.2, 0.25) is 0 Å². The molecule has 2 aromatic heterocycles. The Hall–Kier alpha value is -1.69. The molecular formula is C13H16BrN5. The number of amidine groups is 1. The number of hydrogen-bond acceptors (Lipinski definition) is 3. The largest absolute Gasteiger partial charge is 0.384 e. The first-order valence-corrected chi connectivity index (χ1v) is 6.67. The molecule has 0 aromatic carbocycles. The van der Waals surface area contributed by atoms with Gasteiger partial charge in [0.05, 0.1) is 32.8 Å². The molecule has 0 aliphatic heterocycles. The van der Waals surface area contributed by atoms with E-state index in [1.54, 1.807) is 4.68 Å². The summed E-state index contributed by atoms with van der Waals surface area (Å²) in [6.07, 6.45) is 0. The van der Waals surface area contributed by atoms with Crippen LogP contribution in [0.1, 0.15) is 28.3 Å². The van der Waals surface area contributed by atoms with Crippen molar-refractivity contribution in [3.05, 3.63) is 38.9 Å². The summed E-state index contributed by atoms with van der Waals surface area (Å²) >= 11 is 3.51. The molecular weight excluding hydrogens is 306 g/mol. The molecule has 2 aromatic rings. The highest BCUT2D eigenvalue weighted by molar-refractivity contribution is 9.10. The number of pyridine rings is 1. The van der Waals surface area contributed by atoms with Crippen LogP contribution in [0.3, 0.4) is 0 Å². The SMILES string of the molecule is Cc1cc(-n2nc(C)c(Br)c2C)c(C(=N)N)c(C)n1. The summed E-state index contributed by atoms with van der Waals surface area (Å²) < 4.78 is 2.77. The van der Waals surface area contributed by atoms with Crippen LogP contribution in [0.25, 0.3) is 5.69 Å². The Morgan fingerprint density at radius 1 is 1.26 bits per heavy atom. The highest BCUT2D eigenvalue weighted by Gasteiger charge is 2.17. The lowest BCUT2D eigenvalue weighted by atomic mass is 10.1. The van der Waals surface area contributed by atoms with Gasteiger partial charge in [-0.3, -0.25) is 10.4 Å². The average Bonchev–Trinajstić information content (AvgIpc) is 2.55. The molecule has 0 atom stereocenters. The fourth-order valence-electron chi connectivity index (χ4n) is 2.17. The zero-order valence-corrected chi connectivity index (χ0v) is 13.0. The molecule has 0 radical (unpaired) electrons. The van der Waals surface area contributed by atoms with E-state index in [-0.39, 0.29) is 5.84 Å². The number of rotatable bonds is 2. The summed E-state index contributed by atoms with van der Waals surface area (Å²) in [5.41, 5.74) is 10.6. The maximum Gasteiger partial charge on any atom is 0.126 e. The van der Waals surface area contributed by atoms with Crippen LogP contribution in [-0.2, 0) is 0 Å². The van der Waals surface area contributed by atoms with E-state index in [1.807, 2.05) is 33.8 Å². The number of halogens is 1. The van der Waals surface area contributed by atoms with Gasteiger partial charge in [-0.2, -0.15) is 5.10 Å². The van der Waals surface area contributed by atoms with Gasteiger partial charge in [0.25, 0.3) is 0 Å². The number of nitrogen functional groups attached to an aromatic ring is 1. The first-order chi connectivity index (χ1) is 8.82. The zero-order chi connectivity index (χ0) is 14.3. The number of hydrogen-bond donors (Lipinski definition) is 2. The van der Waals surface area contributed by atoms with Crippen LogP contribution in [-0.4, -0.2) is 20.6 Å². The van der Waals surface area contributed by atoms with Crippen LogP contribution < -0.4 is 5.73 Å². The zero-order valence-electron chi connectivity index (χ0n) is 11.4. The summed E-state index contributed by atoms with van der Waals surface area (Å²) in [6.45, 7) is 7.68. The highest BCUT2D eigenvalue weighted by Crippen LogP contribution is 2.25. The van der Waals surface area contributed by atoms with Crippen molar-refractivity contribution in [1.29, 1.82) is 5.41 Å². The van der Waals surface area contributed by atoms with Crippen molar-refractivity contribution in [2.24, 2.45) is 5.73 Å². The number of aryl methyl sites for hydroxylation is 3. The molecule has 19 heavy (non-hydrogen) atoms. The van der Waals surface area contributed by atoms with Gasteiger partial charge in [-0.15, -0.1) is 0 Å². The minimum Gasteiger partial charge on any atom is -0.384 e. The van der Waals surface area contributed by atoms with Gasteiger partial charge < -0.3 is 5.73 Å².